The van der Waals surface area contributed by atoms with Gasteiger partial charge in [-0.3, -0.25) is 0 Å². The Bertz CT molecular complexity index is 481. The molecule has 0 aromatic heterocycles. The molecule has 1 atom stereocenters. The molecular formula is C17H25N3. The van der Waals surface area contributed by atoms with Crippen LogP contribution in [0.1, 0.15) is 37.8 Å². The Morgan fingerprint density at radius 1 is 1.45 bits per heavy atom. The van der Waals surface area contributed by atoms with E-state index in [1.807, 2.05) is 12.1 Å². The van der Waals surface area contributed by atoms with Crippen LogP contribution in [0.4, 0.5) is 5.69 Å². The molecule has 1 saturated heterocycles. The average molecular weight is 271 g/mol. The van der Waals surface area contributed by atoms with Crippen LogP contribution < -0.4 is 10.2 Å². The van der Waals surface area contributed by atoms with Gasteiger partial charge in [0.05, 0.1) is 11.3 Å². The molecule has 0 bridgehead atoms. The van der Waals surface area contributed by atoms with Crippen molar-refractivity contribution in [3.8, 4) is 6.07 Å². The van der Waals surface area contributed by atoms with E-state index in [-0.39, 0.29) is 0 Å². The summed E-state index contributed by atoms with van der Waals surface area (Å²) >= 11 is 0. The lowest BCUT2D eigenvalue weighted by atomic mass is 9.97. The molecule has 1 N–H and O–H groups in total. The summed E-state index contributed by atoms with van der Waals surface area (Å²) in [5.74, 6) is 0.679. The van der Waals surface area contributed by atoms with Gasteiger partial charge in [-0.25, -0.2) is 0 Å². The maximum absolute atomic E-state index is 9.36. The van der Waals surface area contributed by atoms with Crippen molar-refractivity contribution in [2.75, 3.05) is 24.5 Å². The van der Waals surface area contributed by atoms with E-state index >= 15 is 0 Å². The molecule has 1 aromatic rings. The van der Waals surface area contributed by atoms with Crippen molar-refractivity contribution in [2.45, 2.75) is 39.7 Å². The summed E-state index contributed by atoms with van der Waals surface area (Å²) < 4.78 is 0. The topological polar surface area (TPSA) is 39.1 Å². The molecule has 1 fully saturated rings. The Morgan fingerprint density at radius 3 is 2.85 bits per heavy atom. The van der Waals surface area contributed by atoms with Gasteiger partial charge in [0.1, 0.15) is 6.07 Å². The molecule has 1 aliphatic rings. The highest BCUT2D eigenvalue weighted by Crippen LogP contribution is 2.26. The third kappa shape index (κ3) is 3.52. The molecule has 1 unspecified atom stereocenters. The van der Waals surface area contributed by atoms with E-state index in [0.29, 0.717) is 12.0 Å². The fourth-order valence-corrected chi connectivity index (χ4v) is 2.92. The highest BCUT2D eigenvalue weighted by molar-refractivity contribution is 5.61. The Kier molecular flexibility index (Phi) is 5.03. The number of anilines is 1. The standard InChI is InChI=1S/C17H25N3/c1-13(2)20(12-15-5-4-8-19-11-15)17-9-14(3)6-7-16(17)10-18/h6-7,9,13,15,19H,4-5,8,11-12H2,1-3H3. The number of nitrogens with one attached hydrogen (secondary N) is 1. The maximum atomic E-state index is 9.36. The van der Waals surface area contributed by atoms with Gasteiger partial charge in [-0.1, -0.05) is 6.07 Å². The zero-order valence-electron chi connectivity index (χ0n) is 12.8. The van der Waals surface area contributed by atoms with Gasteiger partial charge >= 0.3 is 0 Å². The normalized spacial score (nSPS) is 18.9. The predicted octanol–water partition coefficient (Wildman–Crippen LogP) is 3.08. The average Bonchev–Trinajstić information content (AvgIpc) is 2.45. The monoisotopic (exact) mass is 271 g/mol. The van der Waals surface area contributed by atoms with E-state index in [4.69, 9.17) is 0 Å². The lowest BCUT2D eigenvalue weighted by Crippen LogP contribution is -2.41. The smallest absolute Gasteiger partial charge is 0.101 e. The Hall–Kier alpha value is -1.53. The van der Waals surface area contributed by atoms with E-state index < -0.39 is 0 Å². The van der Waals surface area contributed by atoms with E-state index in [2.05, 4.69) is 43.1 Å². The van der Waals surface area contributed by atoms with E-state index in [1.165, 1.54) is 18.4 Å². The molecule has 3 nitrogen and oxygen atoms in total. The molecule has 0 spiro atoms. The molecule has 0 amide bonds. The first-order chi connectivity index (χ1) is 9.61. The fourth-order valence-electron chi connectivity index (χ4n) is 2.92. The lowest BCUT2D eigenvalue weighted by Gasteiger charge is -2.35. The summed E-state index contributed by atoms with van der Waals surface area (Å²) in [6, 6.07) is 8.85. The second kappa shape index (κ2) is 6.76. The number of nitriles is 1. The van der Waals surface area contributed by atoms with Gasteiger partial charge < -0.3 is 10.2 Å². The number of hydrogen-bond donors (Lipinski definition) is 1. The Labute approximate surface area is 122 Å². The molecule has 0 aliphatic carbocycles. The van der Waals surface area contributed by atoms with Crippen LogP contribution in [0.3, 0.4) is 0 Å². The molecule has 108 valence electrons. The van der Waals surface area contributed by atoms with Crippen LogP contribution in [-0.4, -0.2) is 25.7 Å². The second-order valence-corrected chi connectivity index (χ2v) is 6.09. The largest absolute Gasteiger partial charge is 0.368 e. The third-order valence-electron chi connectivity index (χ3n) is 4.06. The summed E-state index contributed by atoms with van der Waals surface area (Å²) in [5, 5.41) is 12.8. The maximum Gasteiger partial charge on any atom is 0.101 e. The summed E-state index contributed by atoms with van der Waals surface area (Å²) in [6.45, 7) is 9.77. The molecule has 1 aliphatic heterocycles. The van der Waals surface area contributed by atoms with Crippen molar-refractivity contribution >= 4 is 5.69 Å². The molecule has 3 heteroatoms. The van der Waals surface area contributed by atoms with Crippen molar-refractivity contribution in [3.63, 3.8) is 0 Å². The molecular weight excluding hydrogens is 246 g/mol. The van der Waals surface area contributed by atoms with E-state index in [0.717, 1.165) is 30.9 Å². The highest BCUT2D eigenvalue weighted by Gasteiger charge is 2.21. The molecule has 0 radical (unpaired) electrons. The van der Waals surface area contributed by atoms with Gasteiger partial charge in [0, 0.05) is 12.6 Å². The van der Waals surface area contributed by atoms with Crippen LogP contribution in [-0.2, 0) is 0 Å². The van der Waals surface area contributed by atoms with Crippen LogP contribution in [0.25, 0.3) is 0 Å². The summed E-state index contributed by atoms with van der Waals surface area (Å²) in [5.41, 5.74) is 3.09. The Morgan fingerprint density at radius 2 is 2.25 bits per heavy atom. The van der Waals surface area contributed by atoms with Crippen molar-refractivity contribution in [1.82, 2.24) is 5.32 Å². The van der Waals surface area contributed by atoms with Crippen LogP contribution in [0.15, 0.2) is 18.2 Å². The van der Waals surface area contributed by atoms with Crippen LogP contribution >= 0.6 is 0 Å². The first-order valence-electron chi connectivity index (χ1n) is 7.60. The van der Waals surface area contributed by atoms with Crippen molar-refractivity contribution < 1.29 is 0 Å². The van der Waals surface area contributed by atoms with Crippen molar-refractivity contribution in [3.05, 3.63) is 29.3 Å². The third-order valence-corrected chi connectivity index (χ3v) is 4.06. The van der Waals surface area contributed by atoms with Crippen molar-refractivity contribution in [1.29, 1.82) is 5.26 Å². The first kappa shape index (κ1) is 14.9. The highest BCUT2D eigenvalue weighted by atomic mass is 15.2. The minimum atomic E-state index is 0.408. The van der Waals surface area contributed by atoms with Crippen LogP contribution in [0.5, 0.6) is 0 Å². The number of aryl methyl sites for hydroxylation is 1. The number of benzene rings is 1. The van der Waals surface area contributed by atoms with Crippen LogP contribution in [0.2, 0.25) is 0 Å². The quantitative estimate of drug-likeness (QED) is 0.914. The van der Waals surface area contributed by atoms with Gasteiger partial charge in [0.15, 0.2) is 0 Å². The summed E-state index contributed by atoms with van der Waals surface area (Å²) in [6.07, 6.45) is 2.54. The Balaban J connectivity index is 2.24. The van der Waals surface area contributed by atoms with Gasteiger partial charge in [0.2, 0.25) is 0 Å². The number of hydrogen-bond acceptors (Lipinski definition) is 3. The van der Waals surface area contributed by atoms with Gasteiger partial charge in [-0.05, 0) is 70.3 Å². The minimum Gasteiger partial charge on any atom is -0.368 e. The van der Waals surface area contributed by atoms with E-state index in [9.17, 15) is 5.26 Å². The molecule has 0 saturated carbocycles. The summed E-state index contributed by atoms with van der Waals surface area (Å²) in [7, 11) is 0. The molecule has 1 aromatic carbocycles. The second-order valence-electron chi connectivity index (χ2n) is 6.09. The van der Waals surface area contributed by atoms with E-state index in [1.54, 1.807) is 0 Å². The number of piperidine rings is 1. The SMILES string of the molecule is Cc1ccc(C#N)c(N(CC2CCCNC2)C(C)C)c1. The first-order valence-corrected chi connectivity index (χ1v) is 7.60. The van der Waals surface area contributed by atoms with Gasteiger partial charge in [0.25, 0.3) is 0 Å². The summed E-state index contributed by atoms with van der Waals surface area (Å²) in [4.78, 5) is 2.39. The van der Waals surface area contributed by atoms with Crippen molar-refractivity contribution in [2.24, 2.45) is 5.92 Å². The lowest BCUT2D eigenvalue weighted by molar-refractivity contribution is 0.371. The van der Waals surface area contributed by atoms with Crippen LogP contribution in [0, 0.1) is 24.2 Å². The predicted molar refractivity (Wildman–Crippen MR) is 84.0 cm³/mol. The minimum absolute atomic E-state index is 0.408. The number of rotatable bonds is 4. The zero-order valence-corrected chi connectivity index (χ0v) is 12.8. The van der Waals surface area contributed by atoms with Gasteiger partial charge in [-0.15, -0.1) is 0 Å². The van der Waals surface area contributed by atoms with Gasteiger partial charge in [-0.2, -0.15) is 5.26 Å². The fraction of sp³-hybridized carbons (Fsp3) is 0.588. The zero-order chi connectivity index (χ0) is 14.5. The molecule has 2 rings (SSSR count). The molecule has 20 heavy (non-hydrogen) atoms. The number of nitrogens with zero attached hydrogens (tertiary/aromatic N) is 2. The molecule has 1 heterocycles.